The Bertz CT molecular complexity index is 497. The third-order valence-corrected chi connectivity index (χ3v) is 2.34. The van der Waals surface area contributed by atoms with Gasteiger partial charge >= 0.3 is 12.0 Å². The van der Waals surface area contributed by atoms with Gasteiger partial charge in [-0.1, -0.05) is 0 Å². The summed E-state index contributed by atoms with van der Waals surface area (Å²) in [5.74, 6) is -1.13. The summed E-state index contributed by atoms with van der Waals surface area (Å²) in [6, 6.07) is 4.02. The number of amides is 3. The molecule has 1 aliphatic rings. The molecule has 1 atom stereocenters. The maximum absolute atomic E-state index is 11.6. The van der Waals surface area contributed by atoms with Crippen molar-refractivity contribution in [1.82, 2.24) is 10.6 Å². The van der Waals surface area contributed by atoms with Gasteiger partial charge in [0.05, 0.1) is 5.56 Å². The molecule has 0 aliphatic carbocycles. The summed E-state index contributed by atoms with van der Waals surface area (Å²) < 4.78 is 4.87. The average Bonchev–Trinajstić information content (AvgIpc) is 2.66. The molecule has 94 valence electrons. The molecule has 1 aromatic rings. The van der Waals surface area contributed by atoms with Crippen LogP contribution in [0.4, 0.5) is 4.79 Å². The predicted octanol–water partition coefficient (Wildman–Crippen LogP) is -0.243. The fourth-order valence-corrected chi connectivity index (χ4v) is 1.42. The second-order valence-corrected chi connectivity index (χ2v) is 3.66. The second kappa shape index (κ2) is 4.74. The zero-order valence-electron chi connectivity index (χ0n) is 9.17. The minimum absolute atomic E-state index is 0.0361. The molecule has 7 heteroatoms. The van der Waals surface area contributed by atoms with Crippen molar-refractivity contribution < 1.29 is 24.2 Å². The smallest absolute Gasteiger partial charge is 0.338 e. The second-order valence-electron chi connectivity index (χ2n) is 3.66. The summed E-state index contributed by atoms with van der Waals surface area (Å²) >= 11 is 0. The lowest BCUT2D eigenvalue weighted by molar-refractivity contribution is -0.120. The molecule has 7 nitrogen and oxygen atoms in total. The van der Waals surface area contributed by atoms with Crippen LogP contribution in [0.1, 0.15) is 10.4 Å². The minimum Gasteiger partial charge on any atom is -0.508 e. The molecular formula is C11H10N2O5. The first kappa shape index (κ1) is 11.9. The number of phenols is 1. The van der Waals surface area contributed by atoms with Crippen LogP contribution in [0.25, 0.3) is 0 Å². The lowest BCUT2D eigenvalue weighted by Crippen LogP contribution is -2.34. The van der Waals surface area contributed by atoms with E-state index in [4.69, 9.17) is 9.84 Å². The average molecular weight is 250 g/mol. The van der Waals surface area contributed by atoms with Crippen LogP contribution >= 0.6 is 0 Å². The molecule has 1 saturated heterocycles. The topological polar surface area (TPSA) is 105 Å². The summed E-state index contributed by atoms with van der Waals surface area (Å²) in [4.78, 5) is 33.5. The molecule has 0 bridgehead atoms. The number of ether oxygens (including phenoxy) is 1. The minimum atomic E-state index is -0.862. The number of esters is 1. The number of carbonyl (C=O) groups excluding carboxylic acids is 3. The van der Waals surface area contributed by atoms with Crippen LogP contribution in [-0.4, -0.2) is 35.7 Å². The van der Waals surface area contributed by atoms with Gasteiger partial charge in [-0.25, -0.2) is 9.59 Å². The Hall–Kier alpha value is -2.57. The number of urea groups is 1. The first-order valence-electron chi connectivity index (χ1n) is 5.14. The quantitative estimate of drug-likeness (QED) is 0.507. The van der Waals surface area contributed by atoms with Gasteiger partial charge in [0.15, 0.2) is 0 Å². The first-order chi connectivity index (χ1) is 8.56. The number of rotatable bonds is 3. The largest absolute Gasteiger partial charge is 0.508 e. The third-order valence-electron chi connectivity index (χ3n) is 2.34. The fraction of sp³-hybridized carbons (Fsp3) is 0.182. The highest BCUT2D eigenvalue weighted by Gasteiger charge is 2.30. The van der Waals surface area contributed by atoms with E-state index in [1.54, 1.807) is 0 Å². The van der Waals surface area contributed by atoms with E-state index in [0.717, 1.165) is 0 Å². The van der Waals surface area contributed by atoms with Gasteiger partial charge in [-0.15, -0.1) is 0 Å². The molecule has 0 radical (unpaired) electrons. The first-order valence-corrected chi connectivity index (χ1v) is 5.14. The number of aromatic hydroxyl groups is 1. The number of imide groups is 1. The van der Waals surface area contributed by atoms with Gasteiger partial charge in [-0.2, -0.15) is 0 Å². The Morgan fingerprint density at radius 1 is 1.28 bits per heavy atom. The zero-order chi connectivity index (χ0) is 13.1. The van der Waals surface area contributed by atoms with E-state index in [9.17, 15) is 14.4 Å². The normalized spacial score (nSPS) is 18.1. The molecule has 1 heterocycles. The SMILES string of the molecule is O=C1NC(=O)C(COC(=O)c2ccc(O)cc2)N1. The molecule has 0 spiro atoms. The number of hydrogen-bond donors (Lipinski definition) is 3. The number of phenolic OH excluding ortho intramolecular Hbond substituents is 1. The van der Waals surface area contributed by atoms with E-state index >= 15 is 0 Å². The van der Waals surface area contributed by atoms with Gasteiger partial charge < -0.3 is 15.2 Å². The van der Waals surface area contributed by atoms with Gasteiger partial charge in [0.25, 0.3) is 5.91 Å². The Kier molecular flexibility index (Phi) is 3.13. The standard InChI is InChI=1S/C11H10N2O5/c14-7-3-1-6(2-4-7)10(16)18-5-8-9(15)13-11(17)12-8/h1-4,8,14H,5H2,(H2,12,13,15,17). The van der Waals surface area contributed by atoms with Gasteiger partial charge in [-0.3, -0.25) is 10.1 Å². The summed E-state index contributed by atoms with van der Waals surface area (Å²) in [6.07, 6.45) is 0. The van der Waals surface area contributed by atoms with Crippen molar-refractivity contribution in [2.75, 3.05) is 6.61 Å². The van der Waals surface area contributed by atoms with Gasteiger partial charge in [0.2, 0.25) is 0 Å². The van der Waals surface area contributed by atoms with Crippen LogP contribution in [0.5, 0.6) is 5.75 Å². The molecule has 1 aliphatic heterocycles. The molecule has 0 aromatic heterocycles. The molecular weight excluding hydrogens is 240 g/mol. The Morgan fingerprint density at radius 3 is 2.50 bits per heavy atom. The number of benzene rings is 1. The van der Waals surface area contributed by atoms with Crippen LogP contribution in [0.3, 0.4) is 0 Å². The van der Waals surface area contributed by atoms with Crippen molar-refractivity contribution >= 4 is 17.9 Å². The van der Waals surface area contributed by atoms with E-state index in [2.05, 4.69) is 5.32 Å². The molecule has 1 fully saturated rings. The summed E-state index contributed by atoms with van der Waals surface area (Å²) in [5, 5.41) is 13.4. The van der Waals surface area contributed by atoms with Crippen molar-refractivity contribution in [3.05, 3.63) is 29.8 Å². The van der Waals surface area contributed by atoms with E-state index in [0.29, 0.717) is 0 Å². The van der Waals surface area contributed by atoms with E-state index in [1.807, 2.05) is 5.32 Å². The predicted molar refractivity (Wildman–Crippen MR) is 58.9 cm³/mol. The summed E-state index contributed by atoms with van der Waals surface area (Å²) in [5.41, 5.74) is 0.248. The van der Waals surface area contributed by atoms with Crippen LogP contribution in [0.15, 0.2) is 24.3 Å². The Morgan fingerprint density at radius 2 is 1.94 bits per heavy atom. The van der Waals surface area contributed by atoms with Gasteiger partial charge in [0.1, 0.15) is 18.4 Å². The third kappa shape index (κ3) is 2.57. The number of hydrogen-bond acceptors (Lipinski definition) is 5. The molecule has 3 amide bonds. The van der Waals surface area contributed by atoms with Gasteiger partial charge in [0, 0.05) is 0 Å². The Labute approximate surface area is 102 Å². The molecule has 18 heavy (non-hydrogen) atoms. The molecule has 1 aromatic carbocycles. The van der Waals surface area contributed by atoms with Crippen molar-refractivity contribution in [3.63, 3.8) is 0 Å². The maximum atomic E-state index is 11.6. The lowest BCUT2D eigenvalue weighted by Gasteiger charge is -2.08. The lowest BCUT2D eigenvalue weighted by atomic mass is 10.2. The number of carbonyl (C=O) groups is 3. The van der Waals surface area contributed by atoms with E-state index in [1.165, 1.54) is 24.3 Å². The molecule has 2 rings (SSSR count). The Balaban J connectivity index is 1.90. The monoisotopic (exact) mass is 250 g/mol. The van der Waals surface area contributed by atoms with Crippen LogP contribution < -0.4 is 10.6 Å². The molecule has 0 saturated carbocycles. The highest BCUT2D eigenvalue weighted by Crippen LogP contribution is 2.10. The van der Waals surface area contributed by atoms with Gasteiger partial charge in [-0.05, 0) is 24.3 Å². The van der Waals surface area contributed by atoms with Crippen molar-refractivity contribution in [3.8, 4) is 5.75 Å². The van der Waals surface area contributed by atoms with Crippen molar-refractivity contribution in [1.29, 1.82) is 0 Å². The number of nitrogens with one attached hydrogen (secondary N) is 2. The van der Waals surface area contributed by atoms with E-state index < -0.39 is 23.9 Å². The molecule has 1 unspecified atom stereocenters. The molecule has 3 N–H and O–H groups in total. The van der Waals surface area contributed by atoms with Crippen molar-refractivity contribution in [2.45, 2.75) is 6.04 Å². The van der Waals surface area contributed by atoms with Crippen LogP contribution in [-0.2, 0) is 9.53 Å². The van der Waals surface area contributed by atoms with E-state index in [-0.39, 0.29) is 17.9 Å². The zero-order valence-corrected chi connectivity index (χ0v) is 9.17. The highest BCUT2D eigenvalue weighted by atomic mass is 16.5. The van der Waals surface area contributed by atoms with Crippen LogP contribution in [0, 0.1) is 0 Å². The summed E-state index contributed by atoms with van der Waals surface area (Å²) in [7, 11) is 0. The van der Waals surface area contributed by atoms with Crippen LogP contribution in [0.2, 0.25) is 0 Å². The highest BCUT2D eigenvalue weighted by molar-refractivity contribution is 6.04. The maximum Gasteiger partial charge on any atom is 0.338 e. The fourth-order valence-electron chi connectivity index (χ4n) is 1.42. The van der Waals surface area contributed by atoms with Crippen molar-refractivity contribution in [2.24, 2.45) is 0 Å². The summed E-state index contributed by atoms with van der Waals surface area (Å²) in [6.45, 7) is -0.239.